The Bertz CT molecular complexity index is 233. The Morgan fingerprint density at radius 1 is 1.55 bits per heavy atom. The highest BCUT2D eigenvalue weighted by molar-refractivity contribution is 6.29. The molecule has 1 aromatic rings. The molecule has 0 saturated carbocycles. The summed E-state index contributed by atoms with van der Waals surface area (Å²) in [7, 11) is 0. The van der Waals surface area contributed by atoms with E-state index in [-0.39, 0.29) is 0 Å². The molecule has 0 radical (unpaired) electrons. The average Bonchev–Trinajstić information content (AvgIpc) is 1.85. The van der Waals surface area contributed by atoms with Gasteiger partial charge in [-0.2, -0.15) is 0 Å². The zero-order chi connectivity index (χ0) is 8.27. The maximum Gasteiger partial charge on any atom is 0.129 e. The second-order valence-electron chi connectivity index (χ2n) is 3.08. The Hall–Kier alpha value is -0.560. The van der Waals surface area contributed by atoms with Gasteiger partial charge in [-0.25, -0.2) is 4.98 Å². The van der Waals surface area contributed by atoms with Crippen molar-refractivity contribution in [1.29, 1.82) is 0 Å². The van der Waals surface area contributed by atoms with Gasteiger partial charge in [0.2, 0.25) is 0 Å². The van der Waals surface area contributed by atoms with Gasteiger partial charge in [0.05, 0.1) is 0 Å². The minimum absolute atomic E-state index is 0.586. The van der Waals surface area contributed by atoms with Gasteiger partial charge in [-0.1, -0.05) is 25.4 Å². The molecule has 1 heterocycles. The van der Waals surface area contributed by atoms with Gasteiger partial charge in [-0.3, -0.25) is 0 Å². The van der Waals surface area contributed by atoms with Crippen LogP contribution in [-0.2, 0) is 6.42 Å². The van der Waals surface area contributed by atoms with Gasteiger partial charge >= 0.3 is 0 Å². The fraction of sp³-hybridized carbons (Fsp3) is 0.444. The summed E-state index contributed by atoms with van der Waals surface area (Å²) in [6, 6.07) is 3.92. The van der Waals surface area contributed by atoms with Gasteiger partial charge < -0.3 is 0 Å². The van der Waals surface area contributed by atoms with E-state index in [1.807, 2.05) is 12.1 Å². The molecule has 0 fully saturated rings. The molecule has 0 aliphatic rings. The van der Waals surface area contributed by atoms with Crippen LogP contribution in [0.25, 0.3) is 0 Å². The zero-order valence-electron chi connectivity index (χ0n) is 6.84. The van der Waals surface area contributed by atoms with Crippen molar-refractivity contribution in [3.8, 4) is 0 Å². The second-order valence-corrected chi connectivity index (χ2v) is 3.47. The van der Waals surface area contributed by atoms with E-state index >= 15 is 0 Å². The highest BCUT2D eigenvalue weighted by Gasteiger charge is 1.97. The highest BCUT2D eigenvalue weighted by Crippen LogP contribution is 2.11. The van der Waals surface area contributed by atoms with Gasteiger partial charge in [0.1, 0.15) is 5.15 Å². The van der Waals surface area contributed by atoms with Crippen LogP contribution in [0.1, 0.15) is 19.4 Å². The lowest BCUT2D eigenvalue weighted by molar-refractivity contribution is 0.647. The monoisotopic (exact) mass is 169 g/mol. The molecule has 11 heavy (non-hydrogen) atoms. The number of hydrogen-bond acceptors (Lipinski definition) is 1. The molecule has 0 spiro atoms. The first-order chi connectivity index (χ1) is 5.18. The van der Waals surface area contributed by atoms with Crippen molar-refractivity contribution in [3.05, 3.63) is 29.0 Å². The molecule has 0 aromatic carbocycles. The summed E-state index contributed by atoms with van der Waals surface area (Å²) in [6.45, 7) is 4.38. The molecule has 0 aliphatic heterocycles. The molecule has 0 N–H and O–H groups in total. The van der Waals surface area contributed by atoms with Crippen molar-refractivity contribution in [2.75, 3.05) is 0 Å². The number of nitrogens with zero attached hydrogens (tertiary/aromatic N) is 1. The molecule has 0 unspecified atom stereocenters. The van der Waals surface area contributed by atoms with Crippen LogP contribution in [0.4, 0.5) is 0 Å². The molecular formula is C9H12ClN. The summed E-state index contributed by atoms with van der Waals surface area (Å²) >= 11 is 5.72. The second kappa shape index (κ2) is 3.72. The maximum atomic E-state index is 5.72. The first kappa shape index (κ1) is 8.54. The lowest BCUT2D eigenvalue weighted by Crippen LogP contribution is -1.93. The van der Waals surface area contributed by atoms with Crippen LogP contribution in [0.2, 0.25) is 5.15 Å². The first-order valence-corrected chi connectivity index (χ1v) is 4.16. The number of hydrogen-bond donors (Lipinski definition) is 0. The highest BCUT2D eigenvalue weighted by atomic mass is 35.5. The van der Waals surface area contributed by atoms with E-state index in [0.29, 0.717) is 11.1 Å². The molecule has 1 aromatic heterocycles. The first-order valence-electron chi connectivity index (χ1n) is 3.79. The van der Waals surface area contributed by atoms with E-state index in [1.54, 1.807) is 6.20 Å². The lowest BCUT2D eigenvalue weighted by atomic mass is 10.0. The molecule has 60 valence electrons. The molecule has 0 bridgehead atoms. The number of rotatable bonds is 2. The molecule has 1 nitrogen and oxygen atoms in total. The fourth-order valence-corrected chi connectivity index (χ4v) is 1.24. The van der Waals surface area contributed by atoms with Gasteiger partial charge in [-0.05, 0) is 30.0 Å². The topological polar surface area (TPSA) is 12.9 Å². The zero-order valence-corrected chi connectivity index (χ0v) is 7.60. The van der Waals surface area contributed by atoms with Crippen LogP contribution in [0, 0.1) is 5.92 Å². The lowest BCUT2D eigenvalue weighted by Gasteiger charge is -2.03. The third-order valence-electron chi connectivity index (χ3n) is 1.43. The average molecular weight is 170 g/mol. The third-order valence-corrected chi connectivity index (χ3v) is 1.64. The molecule has 0 aliphatic carbocycles. The van der Waals surface area contributed by atoms with E-state index in [1.165, 1.54) is 5.56 Å². The molecule has 1 rings (SSSR count). The smallest absolute Gasteiger partial charge is 0.129 e. The van der Waals surface area contributed by atoms with Crippen LogP contribution in [0.15, 0.2) is 18.3 Å². The summed E-state index contributed by atoms with van der Waals surface area (Å²) in [6.07, 6.45) is 2.82. The standard InChI is InChI=1S/C9H12ClN/c1-7(2)5-8-3-4-11-9(10)6-8/h3-4,6-7H,5H2,1-2H3. The predicted molar refractivity (Wildman–Crippen MR) is 47.8 cm³/mol. The fourth-order valence-electron chi connectivity index (χ4n) is 1.04. The quantitative estimate of drug-likeness (QED) is 0.621. The van der Waals surface area contributed by atoms with Gasteiger partial charge in [0, 0.05) is 6.20 Å². The molecular weight excluding hydrogens is 158 g/mol. The van der Waals surface area contributed by atoms with Crippen molar-refractivity contribution in [1.82, 2.24) is 4.98 Å². The number of aromatic nitrogens is 1. The molecule has 0 amide bonds. The van der Waals surface area contributed by atoms with Gasteiger partial charge in [0.25, 0.3) is 0 Å². The summed E-state index contributed by atoms with van der Waals surface area (Å²) in [5, 5.41) is 0.586. The minimum atomic E-state index is 0.586. The maximum absolute atomic E-state index is 5.72. The van der Waals surface area contributed by atoms with E-state index in [2.05, 4.69) is 18.8 Å². The van der Waals surface area contributed by atoms with Gasteiger partial charge in [0.15, 0.2) is 0 Å². The summed E-state index contributed by atoms with van der Waals surface area (Å²) < 4.78 is 0. The van der Waals surface area contributed by atoms with E-state index in [4.69, 9.17) is 11.6 Å². The van der Waals surface area contributed by atoms with Crippen molar-refractivity contribution in [2.24, 2.45) is 5.92 Å². The van der Waals surface area contributed by atoms with Crippen molar-refractivity contribution >= 4 is 11.6 Å². The van der Waals surface area contributed by atoms with E-state index < -0.39 is 0 Å². The summed E-state index contributed by atoms with van der Waals surface area (Å²) in [5.74, 6) is 0.675. The molecule has 2 heteroatoms. The Morgan fingerprint density at radius 2 is 2.27 bits per heavy atom. The van der Waals surface area contributed by atoms with Crippen molar-refractivity contribution < 1.29 is 0 Å². The Kier molecular flexibility index (Phi) is 2.89. The van der Waals surface area contributed by atoms with Crippen LogP contribution < -0.4 is 0 Å². The van der Waals surface area contributed by atoms with Crippen molar-refractivity contribution in [3.63, 3.8) is 0 Å². The predicted octanol–water partition coefficient (Wildman–Crippen LogP) is 2.93. The third kappa shape index (κ3) is 2.89. The Balaban J connectivity index is 2.71. The Morgan fingerprint density at radius 3 is 2.82 bits per heavy atom. The van der Waals surface area contributed by atoms with E-state index in [0.717, 1.165) is 6.42 Å². The van der Waals surface area contributed by atoms with Crippen LogP contribution in [0.5, 0.6) is 0 Å². The van der Waals surface area contributed by atoms with Gasteiger partial charge in [-0.15, -0.1) is 0 Å². The van der Waals surface area contributed by atoms with E-state index in [9.17, 15) is 0 Å². The summed E-state index contributed by atoms with van der Waals surface area (Å²) in [5.41, 5.74) is 1.26. The molecule has 0 saturated heterocycles. The van der Waals surface area contributed by atoms with Crippen molar-refractivity contribution in [2.45, 2.75) is 20.3 Å². The minimum Gasteiger partial charge on any atom is -0.245 e. The Labute approximate surface area is 72.4 Å². The normalized spacial score (nSPS) is 10.5. The largest absolute Gasteiger partial charge is 0.245 e. The SMILES string of the molecule is CC(C)Cc1ccnc(Cl)c1. The summed E-state index contributed by atoms with van der Waals surface area (Å²) in [4.78, 5) is 3.91. The van der Waals surface area contributed by atoms with Crippen LogP contribution in [-0.4, -0.2) is 4.98 Å². The number of pyridine rings is 1. The van der Waals surface area contributed by atoms with Crippen LogP contribution >= 0.6 is 11.6 Å². The molecule has 0 atom stereocenters. The van der Waals surface area contributed by atoms with Crippen LogP contribution in [0.3, 0.4) is 0 Å². The number of halogens is 1.